The first-order valence-electron chi connectivity index (χ1n) is 4.32. The lowest BCUT2D eigenvalue weighted by Crippen LogP contribution is -2.11. The Morgan fingerprint density at radius 1 is 1.33 bits per heavy atom. The molecule has 0 aliphatic carbocycles. The van der Waals surface area contributed by atoms with E-state index in [1.54, 1.807) is 13.0 Å². The molecule has 2 N–H and O–H groups in total. The van der Waals surface area contributed by atoms with Crippen molar-refractivity contribution in [3.05, 3.63) is 35.4 Å². The van der Waals surface area contributed by atoms with Gasteiger partial charge < -0.3 is 5.73 Å². The molecule has 0 amide bonds. The van der Waals surface area contributed by atoms with Crippen molar-refractivity contribution in [3.63, 3.8) is 0 Å². The molecule has 1 aromatic rings. The smallest absolute Gasteiger partial charge is 0.330 e. The van der Waals surface area contributed by atoms with Crippen molar-refractivity contribution in [1.82, 2.24) is 0 Å². The number of hydrogen-bond acceptors (Lipinski definition) is 1. The Hall–Kier alpha value is -0.740. The van der Waals surface area contributed by atoms with Crippen molar-refractivity contribution in [2.45, 2.75) is 19.0 Å². The van der Waals surface area contributed by atoms with Crippen molar-refractivity contribution in [1.29, 1.82) is 0 Å². The highest BCUT2D eigenvalue weighted by Crippen LogP contribution is 2.30. The summed E-state index contributed by atoms with van der Waals surface area (Å²) in [5, 5.41) is 0. The van der Waals surface area contributed by atoms with Crippen molar-refractivity contribution in [2.75, 3.05) is 6.54 Å². The first kappa shape index (κ1) is 14.3. The molecule has 0 saturated carbocycles. The highest BCUT2D eigenvalue weighted by molar-refractivity contribution is 5.85. The third kappa shape index (κ3) is 3.72. The van der Waals surface area contributed by atoms with Crippen LogP contribution in [0.15, 0.2) is 24.3 Å². The van der Waals surface area contributed by atoms with Crippen LogP contribution >= 0.6 is 12.4 Å². The predicted molar refractivity (Wildman–Crippen MR) is 56.2 cm³/mol. The van der Waals surface area contributed by atoms with Crippen LogP contribution in [0.25, 0.3) is 0 Å². The molecular weight excluding hydrogens is 227 g/mol. The van der Waals surface area contributed by atoms with Gasteiger partial charge in [0.2, 0.25) is 0 Å². The summed E-state index contributed by atoms with van der Waals surface area (Å²) in [6.07, 6.45) is -4.27. The number of alkyl halides is 3. The quantitative estimate of drug-likeness (QED) is 0.843. The maximum absolute atomic E-state index is 12.3. The zero-order chi connectivity index (χ0) is 10.8. The van der Waals surface area contributed by atoms with Gasteiger partial charge in [0.25, 0.3) is 0 Å². The fourth-order valence-electron chi connectivity index (χ4n) is 1.16. The van der Waals surface area contributed by atoms with E-state index in [4.69, 9.17) is 5.73 Å². The van der Waals surface area contributed by atoms with E-state index >= 15 is 0 Å². The summed E-state index contributed by atoms with van der Waals surface area (Å²) >= 11 is 0. The Kier molecular flexibility index (Phi) is 5.11. The fourth-order valence-corrected chi connectivity index (χ4v) is 1.16. The monoisotopic (exact) mass is 239 g/mol. The molecule has 1 rings (SSSR count). The van der Waals surface area contributed by atoms with Gasteiger partial charge in [-0.25, -0.2) is 0 Å². The largest absolute Gasteiger partial charge is 0.416 e. The molecule has 0 unspecified atom stereocenters. The zero-order valence-electron chi connectivity index (χ0n) is 8.21. The number of benzene rings is 1. The standard InChI is InChI=1S/C10H12F3N.ClH/c1-7(6-14)8-3-2-4-9(5-8)10(11,12)13;/h2-5,7H,6,14H2,1H3;1H/t7-;/m0./s1. The van der Waals surface area contributed by atoms with E-state index in [9.17, 15) is 13.2 Å². The van der Waals surface area contributed by atoms with Crippen LogP contribution in [0.4, 0.5) is 13.2 Å². The SMILES string of the molecule is C[C@@H](CN)c1cccc(C(F)(F)F)c1.Cl. The molecule has 1 aromatic carbocycles. The normalized spacial score (nSPS) is 13.1. The van der Waals surface area contributed by atoms with Crippen LogP contribution in [-0.2, 0) is 6.18 Å². The van der Waals surface area contributed by atoms with Gasteiger partial charge in [-0.3, -0.25) is 0 Å². The number of nitrogens with two attached hydrogens (primary N) is 1. The van der Waals surface area contributed by atoms with Gasteiger partial charge in [-0.15, -0.1) is 12.4 Å². The lowest BCUT2D eigenvalue weighted by Gasteiger charge is -2.12. The van der Waals surface area contributed by atoms with E-state index in [2.05, 4.69) is 0 Å². The van der Waals surface area contributed by atoms with Crippen molar-refractivity contribution < 1.29 is 13.2 Å². The Balaban J connectivity index is 0.00000196. The summed E-state index contributed by atoms with van der Waals surface area (Å²) in [5.74, 6) is -0.0442. The van der Waals surface area contributed by atoms with Gasteiger partial charge in [0.15, 0.2) is 0 Å². The molecule has 1 atom stereocenters. The van der Waals surface area contributed by atoms with E-state index < -0.39 is 11.7 Å². The van der Waals surface area contributed by atoms with Crippen LogP contribution in [0.1, 0.15) is 24.0 Å². The minimum absolute atomic E-state index is 0. The summed E-state index contributed by atoms with van der Waals surface area (Å²) in [6, 6.07) is 5.28. The summed E-state index contributed by atoms with van der Waals surface area (Å²) in [7, 11) is 0. The van der Waals surface area contributed by atoms with Crippen molar-refractivity contribution in [2.24, 2.45) is 5.73 Å². The van der Waals surface area contributed by atoms with Gasteiger partial charge in [0, 0.05) is 0 Å². The molecule has 0 saturated heterocycles. The minimum Gasteiger partial charge on any atom is -0.330 e. The van der Waals surface area contributed by atoms with Gasteiger partial charge in [0.1, 0.15) is 0 Å². The third-order valence-corrected chi connectivity index (χ3v) is 2.14. The molecule has 0 spiro atoms. The minimum atomic E-state index is -4.27. The van der Waals surface area contributed by atoms with Gasteiger partial charge in [-0.1, -0.05) is 25.1 Å². The van der Waals surface area contributed by atoms with E-state index in [-0.39, 0.29) is 18.3 Å². The fraction of sp³-hybridized carbons (Fsp3) is 0.400. The lowest BCUT2D eigenvalue weighted by molar-refractivity contribution is -0.137. The van der Waals surface area contributed by atoms with E-state index in [1.807, 2.05) is 0 Å². The molecule has 5 heteroatoms. The summed E-state index contributed by atoms with van der Waals surface area (Å²) in [6.45, 7) is 2.15. The van der Waals surface area contributed by atoms with Crippen molar-refractivity contribution in [3.8, 4) is 0 Å². The number of hydrogen-bond donors (Lipinski definition) is 1. The summed E-state index contributed by atoms with van der Waals surface area (Å²) in [4.78, 5) is 0. The Morgan fingerprint density at radius 2 is 1.93 bits per heavy atom. The second-order valence-corrected chi connectivity index (χ2v) is 3.26. The van der Waals surface area contributed by atoms with Gasteiger partial charge >= 0.3 is 6.18 Å². The van der Waals surface area contributed by atoms with Crippen molar-refractivity contribution >= 4 is 12.4 Å². The van der Waals surface area contributed by atoms with Crippen LogP contribution in [0, 0.1) is 0 Å². The molecular formula is C10H13ClF3N. The highest BCUT2D eigenvalue weighted by atomic mass is 35.5. The lowest BCUT2D eigenvalue weighted by atomic mass is 9.99. The third-order valence-electron chi connectivity index (χ3n) is 2.14. The Labute approximate surface area is 92.9 Å². The summed E-state index contributed by atoms with van der Waals surface area (Å²) in [5.41, 5.74) is 5.39. The van der Waals surface area contributed by atoms with Crippen LogP contribution in [0.5, 0.6) is 0 Å². The first-order valence-corrected chi connectivity index (χ1v) is 4.32. The molecule has 15 heavy (non-hydrogen) atoms. The zero-order valence-corrected chi connectivity index (χ0v) is 9.03. The van der Waals surface area contributed by atoms with Crippen LogP contribution < -0.4 is 5.73 Å². The second kappa shape index (κ2) is 5.37. The number of rotatable bonds is 2. The van der Waals surface area contributed by atoms with Crippen LogP contribution in [0.3, 0.4) is 0 Å². The molecule has 0 aromatic heterocycles. The molecule has 0 bridgehead atoms. The first-order chi connectivity index (χ1) is 6.45. The number of halogens is 4. The van der Waals surface area contributed by atoms with Gasteiger partial charge in [-0.2, -0.15) is 13.2 Å². The molecule has 0 fully saturated rings. The predicted octanol–water partition coefficient (Wildman–Crippen LogP) is 3.19. The average molecular weight is 240 g/mol. The van der Waals surface area contributed by atoms with Gasteiger partial charge in [0.05, 0.1) is 5.56 Å². The maximum atomic E-state index is 12.3. The van der Waals surface area contributed by atoms with E-state index in [1.165, 1.54) is 6.07 Å². The van der Waals surface area contributed by atoms with Crippen LogP contribution in [-0.4, -0.2) is 6.54 Å². The molecule has 0 aliphatic heterocycles. The van der Waals surface area contributed by atoms with Gasteiger partial charge in [-0.05, 0) is 24.1 Å². The Bertz CT molecular complexity index is 312. The van der Waals surface area contributed by atoms with E-state index in [0.717, 1.165) is 12.1 Å². The topological polar surface area (TPSA) is 26.0 Å². The summed E-state index contributed by atoms with van der Waals surface area (Å²) < 4.78 is 36.9. The molecule has 86 valence electrons. The van der Waals surface area contributed by atoms with Crippen LogP contribution in [0.2, 0.25) is 0 Å². The Morgan fingerprint density at radius 3 is 2.40 bits per heavy atom. The van der Waals surface area contributed by atoms with E-state index in [0.29, 0.717) is 12.1 Å². The maximum Gasteiger partial charge on any atom is 0.416 e. The molecule has 0 aliphatic rings. The second-order valence-electron chi connectivity index (χ2n) is 3.26. The highest BCUT2D eigenvalue weighted by Gasteiger charge is 2.30. The molecule has 0 radical (unpaired) electrons. The average Bonchev–Trinajstić information content (AvgIpc) is 2.15. The molecule has 0 heterocycles. The molecule has 1 nitrogen and oxygen atoms in total.